The van der Waals surface area contributed by atoms with Crippen LogP contribution in [0.4, 0.5) is 11.4 Å². The van der Waals surface area contributed by atoms with E-state index in [1.807, 2.05) is 81.4 Å². The third-order valence-electron chi connectivity index (χ3n) is 6.93. The monoisotopic (exact) mass is 512 g/mol. The Balaban J connectivity index is 1.89. The highest BCUT2D eigenvalue weighted by Gasteiger charge is 2.47. The van der Waals surface area contributed by atoms with Crippen LogP contribution in [0.2, 0.25) is 0 Å². The van der Waals surface area contributed by atoms with Crippen molar-refractivity contribution in [2.45, 2.75) is 46.1 Å². The lowest BCUT2D eigenvalue weighted by atomic mass is 9.85. The number of nitrogens with zero attached hydrogens (tertiary/aromatic N) is 2. The Kier molecular flexibility index (Phi) is 7.36. The summed E-state index contributed by atoms with van der Waals surface area (Å²) in [5.41, 5.74) is 4.75. The van der Waals surface area contributed by atoms with Gasteiger partial charge in [-0.1, -0.05) is 45.0 Å². The first-order chi connectivity index (χ1) is 17.9. The number of aryl methyl sites for hydroxylation is 1. The van der Waals surface area contributed by atoms with E-state index in [0.717, 1.165) is 22.4 Å². The highest BCUT2D eigenvalue weighted by atomic mass is 16.5. The van der Waals surface area contributed by atoms with Gasteiger partial charge in [0.05, 0.1) is 18.2 Å². The summed E-state index contributed by atoms with van der Waals surface area (Å²) in [7, 11) is 3.88. The second-order valence-electron chi connectivity index (χ2n) is 10.9. The molecule has 1 heterocycles. The maximum absolute atomic E-state index is 13.5. The fraction of sp³-hybridized carbons (Fsp3) is 0.312. The molecule has 3 aromatic rings. The van der Waals surface area contributed by atoms with Crippen LogP contribution in [0.25, 0.3) is 5.76 Å². The minimum Gasteiger partial charge on any atom is -0.507 e. The van der Waals surface area contributed by atoms with Gasteiger partial charge in [-0.15, -0.1) is 0 Å². The largest absolute Gasteiger partial charge is 0.507 e. The first kappa shape index (κ1) is 27.0. The molecule has 1 fully saturated rings. The van der Waals surface area contributed by atoms with Crippen molar-refractivity contribution in [3.05, 3.63) is 94.6 Å². The molecule has 198 valence electrons. The number of ketones is 1. The van der Waals surface area contributed by atoms with Gasteiger partial charge in [0.2, 0.25) is 0 Å². The number of hydrogen-bond acceptors (Lipinski definition) is 5. The minimum atomic E-state index is -0.777. The van der Waals surface area contributed by atoms with Gasteiger partial charge >= 0.3 is 0 Å². The number of aliphatic hydroxyl groups excluding tert-OH is 1. The molecule has 1 unspecified atom stereocenters. The summed E-state index contributed by atoms with van der Waals surface area (Å²) in [6.07, 6.45) is 0. The van der Waals surface area contributed by atoms with Crippen LogP contribution in [0.3, 0.4) is 0 Å². The molecule has 1 amide bonds. The molecule has 0 saturated carbocycles. The number of carbonyl (C=O) groups is 2. The molecule has 1 aliphatic rings. The Morgan fingerprint density at radius 1 is 0.974 bits per heavy atom. The number of aliphatic hydroxyl groups is 1. The maximum Gasteiger partial charge on any atom is 0.300 e. The lowest BCUT2D eigenvalue weighted by Crippen LogP contribution is -2.29. The van der Waals surface area contributed by atoms with Crippen molar-refractivity contribution < 1.29 is 19.4 Å². The van der Waals surface area contributed by atoms with Crippen LogP contribution in [-0.2, 0) is 15.0 Å². The predicted molar refractivity (Wildman–Crippen MR) is 153 cm³/mol. The number of ether oxygens (including phenoxy) is 1. The van der Waals surface area contributed by atoms with Crippen LogP contribution in [0, 0.1) is 6.92 Å². The lowest BCUT2D eigenvalue weighted by molar-refractivity contribution is -0.132. The van der Waals surface area contributed by atoms with Gasteiger partial charge < -0.3 is 14.7 Å². The summed E-state index contributed by atoms with van der Waals surface area (Å²) in [5, 5.41) is 11.5. The lowest BCUT2D eigenvalue weighted by Gasteiger charge is -2.27. The van der Waals surface area contributed by atoms with E-state index in [2.05, 4.69) is 20.8 Å². The molecule has 1 N–H and O–H groups in total. The van der Waals surface area contributed by atoms with E-state index in [4.69, 9.17) is 4.74 Å². The molecule has 0 bridgehead atoms. The summed E-state index contributed by atoms with van der Waals surface area (Å²) in [5.74, 6) is -0.876. The molecular formula is C32H36N2O4. The third-order valence-corrected chi connectivity index (χ3v) is 6.93. The average molecular weight is 513 g/mol. The first-order valence-corrected chi connectivity index (χ1v) is 12.9. The summed E-state index contributed by atoms with van der Waals surface area (Å²) in [6, 6.07) is 19.9. The Morgan fingerprint density at radius 3 is 2.13 bits per heavy atom. The number of Topliss-reactive ketones (excluding diaryl/α,β-unsaturated/α-hetero) is 1. The number of benzene rings is 3. The zero-order valence-corrected chi connectivity index (χ0v) is 23.2. The Morgan fingerprint density at radius 2 is 1.61 bits per heavy atom. The van der Waals surface area contributed by atoms with E-state index in [9.17, 15) is 14.7 Å². The maximum atomic E-state index is 13.5. The second-order valence-corrected chi connectivity index (χ2v) is 10.9. The Hall–Kier alpha value is -4.06. The normalized spacial score (nSPS) is 17.1. The molecule has 1 aliphatic heterocycles. The molecule has 0 aromatic heterocycles. The average Bonchev–Trinajstić information content (AvgIpc) is 3.14. The molecule has 6 nitrogen and oxygen atoms in total. The standard InChI is InChI=1S/C32H36N2O4/c1-8-38-26-18-11-22(19-20(26)2)29(35)27-28(21-9-12-23(13-10-21)32(3,4)5)34(31(37)30(27)36)25-16-14-24(15-17-25)33(6)7/h9-19,28,35H,8H2,1-7H3/b29-27-. The Bertz CT molecular complexity index is 1380. The van der Waals surface area contributed by atoms with E-state index in [1.165, 1.54) is 4.90 Å². The van der Waals surface area contributed by atoms with Crippen LogP contribution in [-0.4, -0.2) is 37.5 Å². The van der Waals surface area contributed by atoms with Crippen molar-refractivity contribution in [1.82, 2.24) is 0 Å². The number of rotatable bonds is 6. The van der Waals surface area contributed by atoms with Crippen molar-refractivity contribution in [2.75, 3.05) is 30.5 Å². The number of hydrogen-bond donors (Lipinski definition) is 1. The van der Waals surface area contributed by atoms with Gasteiger partial charge in [0.25, 0.3) is 11.7 Å². The van der Waals surface area contributed by atoms with Crippen LogP contribution in [0.15, 0.2) is 72.3 Å². The van der Waals surface area contributed by atoms with Crippen molar-refractivity contribution in [2.24, 2.45) is 0 Å². The van der Waals surface area contributed by atoms with Gasteiger partial charge in [0.15, 0.2) is 0 Å². The van der Waals surface area contributed by atoms with Gasteiger partial charge in [0, 0.05) is 31.0 Å². The Labute approximate surface area is 225 Å². The molecule has 38 heavy (non-hydrogen) atoms. The van der Waals surface area contributed by atoms with Gasteiger partial charge in [-0.3, -0.25) is 14.5 Å². The van der Waals surface area contributed by atoms with Crippen LogP contribution in [0.5, 0.6) is 5.75 Å². The third kappa shape index (κ3) is 5.03. The van der Waals surface area contributed by atoms with E-state index in [0.29, 0.717) is 23.6 Å². The van der Waals surface area contributed by atoms with Gasteiger partial charge in [0.1, 0.15) is 11.5 Å². The number of amides is 1. The van der Waals surface area contributed by atoms with Crippen LogP contribution < -0.4 is 14.5 Å². The van der Waals surface area contributed by atoms with Gasteiger partial charge in [-0.05, 0) is 78.4 Å². The van der Waals surface area contributed by atoms with Crippen LogP contribution in [0.1, 0.15) is 56.0 Å². The zero-order valence-electron chi connectivity index (χ0n) is 23.2. The van der Waals surface area contributed by atoms with Crippen molar-refractivity contribution in [3.63, 3.8) is 0 Å². The second kappa shape index (κ2) is 10.4. The van der Waals surface area contributed by atoms with E-state index in [-0.39, 0.29) is 16.7 Å². The summed E-state index contributed by atoms with van der Waals surface area (Å²) in [4.78, 5) is 30.4. The zero-order chi connectivity index (χ0) is 27.8. The van der Waals surface area contributed by atoms with E-state index >= 15 is 0 Å². The SMILES string of the molecule is CCOc1ccc(/C(O)=C2/C(=O)C(=O)N(c3ccc(N(C)C)cc3)C2c2ccc(C(C)(C)C)cc2)cc1C. The minimum absolute atomic E-state index is 0.0534. The number of anilines is 2. The summed E-state index contributed by atoms with van der Waals surface area (Å²) in [6.45, 7) is 10.7. The topological polar surface area (TPSA) is 70.1 Å². The number of carbonyl (C=O) groups excluding carboxylic acids is 2. The van der Waals surface area contributed by atoms with E-state index < -0.39 is 17.7 Å². The molecule has 3 aromatic carbocycles. The quantitative estimate of drug-likeness (QED) is 0.236. The highest BCUT2D eigenvalue weighted by Crippen LogP contribution is 2.43. The predicted octanol–water partition coefficient (Wildman–Crippen LogP) is 6.38. The molecule has 6 heteroatoms. The fourth-order valence-electron chi connectivity index (χ4n) is 4.76. The summed E-state index contributed by atoms with van der Waals surface area (Å²) < 4.78 is 5.63. The molecule has 1 saturated heterocycles. The molecular weight excluding hydrogens is 476 g/mol. The van der Waals surface area contributed by atoms with Gasteiger partial charge in [-0.25, -0.2) is 0 Å². The van der Waals surface area contributed by atoms with Crippen molar-refractivity contribution in [1.29, 1.82) is 0 Å². The summed E-state index contributed by atoms with van der Waals surface area (Å²) >= 11 is 0. The molecule has 0 aliphatic carbocycles. The van der Waals surface area contributed by atoms with Crippen molar-refractivity contribution in [3.8, 4) is 5.75 Å². The smallest absolute Gasteiger partial charge is 0.300 e. The van der Waals surface area contributed by atoms with Crippen molar-refractivity contribution >= 4 is 28.8 Å². The fourth-order valence-corrected chi connectivity index (χ4v) is 4.76. The van der Waals surface area contributed by atoms with Crippen LogP contribution >= 0.6 is 0 Å². The van der Waals surface area contributed by atoms with Gasteiger partial charge in [-0.2, -0.15) is 0 Å². The molecule has 0 radical (unpaired) electrons. The first-order valence-electron chi connectivity index (χ1n) is 12.9. The molecule has 0 spiro atoms. The molecule has 4 rings (SSSR count). The molecule has 1 atom stereocenters. The van der Waals surface area contributed by atoms with E-state index in [1.54, 1.807) is 18.2 Å². The highest BCUT2D eigenvalue weighted by molar-refractivity contribution is 6.51.